The van der Waals surface area contributed by atoms with Gasteiger partial charge in [0.15, 0.2) is 0 Å². The molecule has 0 fully saturated rings. The third-order valence-electron chi connectivity index (χ3n) is 3.00. The summed E-state index contributed by atoms with van der Waals surface area (Å²) in [6.07, 6.45) is -0.726. The van der Waals surface area contributed by atoms with E-state index in [4.69, 9.17) is 4.74 Å². The van der Waals surface area contributed by atoms with E-state index < -0.39 is 11.0 Å². The average molecular weight is 352 g/mol. The number of aliphatic hydroxyl groups excluding tert-OH is 1. The molecule has 0 aromatic heterocycles. The van der Waals surface area contributed by atoms with E-state index in [-0.39, 0.29) is 11.4 Å². The Labute approximate surface area is 130 Å². The van der Waals surface area contributed by atoms with Crippen LogP contribution in [-0.4, -0.2) is 10.0 Å². The van der Waals surface area contributed by atoms with Crippen LogP contribution in [0.4, 0.5) is 5.69 Å². The van der Waals surface area contributed by atoms with Gasteiger partial charge in [0.1, 0.15) is 5.75 Å². The minimum absolute atomic E-state index is 0.123. The van der Waals surface area contributed by atoms with E-state index in [9.17, 15) is 15.2 Å². The van der Waals surface area contributed by atoms with E-state index in [0.717, 1.165) is 0 Å². The molecule has 0 aliphatic carbocycles. The zero-order valence-electron chi connectivity index (χ0n) is 11.5. The molecular formula is C15H14BrNO4. The number of halogens is 1. The first-order valence-electron chi connectivity index (χ1n) is 6.29. The van der Waals surface area contributed by atoms with Gasteiger partial charge in [-0.05, 0) is 31.5 Å². The summed E-state index contributed by atoms with van der Waals surface area (Å²) < 4.78 is 6.34. The van der Waals surface area contributed by atoms with Crippen molar-refractivity contribution in [2.24, 2.45) is 0 Å². The summed E-state index contributed by atoms with van der Waals surface area (Å²) in [7, 11) is 0. The number of hydrogen-bond acceptors (Lipinski definition) is 4. The molecule has 0 radical (unpaired) electrons. The minimum Gasteiger partial charge on any atom is -0.449 e. The van der Waals surface area contributed by atoms with Crippen molar-refractivity contribution in [3.8, 4) is 11.5 Å². The van der Waals surface area contributed by atoms with Gasteiger partial charge in [-0.1, -0.05) is 34.1 Å². The van der Waals surface area contributed by atoms with Gasteiger partial charge < -0.3 is 9.84 Å². The maximum absolute atomic E-state index is 11.2. The Bertz CT molecular complexity index is 685. The SMILES string of the molecule is Cc1cc(Br)cc([N+](=O)[O-])c1Oc1ccccc1[C@H](C)O. The normalized spacial score (nSPS) is 12.0. The maximum atomic E-state index is 11.2. The Morgan fingerprint density at radius 1 is 1.33 bits per heavy atom. The number of nitro groups is 1. The Morgan fingerprint density at radius 2 is 2.00 bits per heavy atom. The Morgan fingerprint density at radius 3 is 2.62 bits per heavy atom. The Balaban J connectivity index is 2.52. The van der Waals surface area contributed by atoms with Crippen LogP contribution in [0.5, 0.6) is 11.5 Å². The molecule has 0 heterocycles. The standard InChI is InChI=1S/C15H14BrNO4/c1-9-7-11(16)8-13(17(19)20)15(9)21-14-6-4-3-5-12(14)10(2)18/h3-8,10,18H,1-2H3/t10-/m0/s1. The first kappa shape index (κ1) is 15.5. The smallest absolute Gasteiger partial charge is 0.312 e. The van der Waals surface area contributed by atoms with Crippen LogP contribution < -0.4 is 4.74 Å². The number of ether oxygens (including phenoxy) is 1. The summed E-state index contributed by atoms with van der Waals surface area (Å²) in [5.74, 6) is 0.581. The molecule has 2 aromatic rings. The number of aryl methyl sites for hydroxylation is 1. The lowest BCUT2D eigenvalue weighted by Crippen LogP contribution is -2.00. The summed E-state index contributed by atoms with van der Waals surface area (Å²) >= 11 is 3.24. The van der Waals surface area contributed by atoms with Crippen molar-refractivity contribution >= 4 is 21.6 Å². The highest BCUT2D eigenvalue weighted by Crippen LogP contribution is 2.39. The van der Waals surface area contributed by atoms with Crippen molar-refractivity contribution < 1.29 is 14.8 Å². The molecule has 0 aliphatic rings. The summed E-state index contributed by atoms with van der Waals surface area (Å²) in [5.41, 5.74) is 1.09. The van der Waals surface area contributed by atoms with Crippen molar-refractivity contribution in [2.45, 2.75) is 20.0 Å². The van der Waals surface area contributed by atoms with E-state index in [1.54, 1.807) is 44.2 Å². The molecule has 2 aromatic carbocycles. The first-order chi connectivity index (χ1) is 9.90. The average Bonchev–Trinajstić information content (AvgIpc) is 2.41. The summed E-state index contributed by atoms with van der Waals surface area (Å²) in [6.45, 7) is 3.35. The number of rotatable bonds is 4. The topological polar surface area (TPSA) is 72.6 Å². The van der Waals surface area contributed by atoms with Crippen molar-refractivity contribution in [2.75, 3.05) is 0 Å². The van der Waals surface area contributed by atoms with Gasteiger partial charge in [0.05, 0.1) is 11.0 Å². The second-order valence-electron chi connectivity index (χ2n) is 4.64. The number of para-hydroxylation sites is 1. The lowest BCUT2D eigenvalue weighted by molar-refractivity contribution is -0.385. The first-order valence-corrected chi connectivity index (χ1v) is 7.09. The number of hydrogen-bond donors (Lipinski definition) is 1. The van der Waals surface area contributed by atoms with Crippen molar-refractivity contribution in [1.29, 1.82) is 0 Å². The van der Waals surface area contributed by atoms with Crippen molar-refractivity contribution in [3.05, 3.63) is 62.1 Å². The molecule has 1 N–H and O–H groups in total. The van der Waals surface area contributed by atoms with Gasteiger partial charge >= 0.3 is 5.69 Å². The third kappa shape index (κ3) is 3.40. The van der Waals surface area contributed by atoms with Gasteiger partial charge in [-0.3, -0.25) is 10.1 Å². The predicted octanol–water partition coefficient (Wildman–Crippen LogP) is 4.51. The zero-order chi connectivity index (χ0) is 15.6. The van der Waals surface area contributed by atoms with Gasteiger partial charge in [0, 0.05) is 16.1 Å². The van der Waals surface area contributed by atoms with Crippen LogP contribution >= 0.6 is 15.9 Å². The molecule has 0 bridgehead atoms. The van der Waals surface area contributed by atoms with Crippen LogP contribution in [0.25, 0.3) is 0 Å². The van der Waals surface area contributed by atoms with Gasteiger partial charge in [0.2, 0.25) is 5.75 Å². The van der Waals surface area contributed by atoms with Crippen LogP contribution in [0.1, 0.15) is 24.2 Å². The molecule has 0 amide bonds. The van der Waals surface area contributed by atoms with Crippen molar-refractivity contribution in [1.82, 2.24) is 0 Å². The molecule has 0 saturated heterocycles. The number of nitrogens with zero attached hydrogens (tertiary/aromatic N) is 1. The van der Waals surface area contributed by atoms with E-state index in [2.05, 4.69) is 15.9 Å². The molecule has 6 heteroatoms. The molecule has 0 spiro atoms. The van der Waals surface area contributed by atoms with Gasteiger partial charge in [-0.2, -0.15) is 0 Å². The fourth-order valence-electron chi connectivity index (χ4n) is 2.01. The lowest BCUT2D eigenvalue weighted by Gasteiger charge is -2.14. The number of aliphatic hydroxyl groups is 1. The Hall–Kier alpha value is -1.92. The van der Waals surface area contributed by atoms with Crippen LogP contribution in [-0.2, 0) is 0 Å². The molecule has 0 unspecified atom stereocenters. The fraction of sp³-hybridized carbons (Fsp3) is 0.200. The molecule has 5 nitrogen and oxygen atoms in total. The lowest BCUT2D eigenvalue weighted by atomic mass is 10.1. The fourth-order valence-corrected chi connectivity index (χ4v) is 2.57. The minimum atomic E-state index is -0.726. The van der Waals surface area contributed by atoms with Crippen LogP contribution in [0.3, 0.4) is 0 Å². The molecule has 21 heavy (non-hydrogen) atoms. The summed E-state index contributed by atoms with van der Waals surface area (Å²) in [5, 5.41) is 20.9. The van der Waals surface area contributed by atoms with E-state index in [0.29, 0.717) is 21.3 Å². The summed E-state index contributed by atoms with van der Waals surface area (Å²) in [6, 6.07) is 10.1. The highest BCUT2D eigenvalue weighted by Gasteiger charge is 2.21. The van der Waals surface area contributed by atoms with Crippen molar-refractivity contribution in [3.63, 3.8) is 0 Å². The molecule has 0 saturated carbocycles. The third-order valence-corrected chi connectivity index (χ3v) is 3.46. The quantitative estimate of drug-likeness (QED) is 0.649. The van der Waals surface area contributed by atoms with Gasteiger partial charge in [-0.25, -0.2) is 0 Å². The monoisotopic (exact) mass is 351 g/mol. The van der Waals surface area contributed by atoms with E-state index in [1.165, 1.54) is 6.07 Å². The van der Waals surface area contributed by atoms with E-state index in [1.807, 2.05) is 0 Å². The second-order valence-corrected chi connectivity index (χ2v) is 5.56. The molecule has 2 rings (SSSR count). The highest BCUT2D eigenvalue weighted by molar-refractivity contribution is 9.10. The molecule has 110 valence electrons. The Kier molecular flexibility index (Phi) is 4.59. The summed E-state index contributed by atoms with van der Waals surface area (Å²) in [4.78, 5) is 10.7. The number of benzene rings is 2. The van der Waals surface area contributed by atoms with Gasteiger partial charge in [0.25, 0.3) is 0 Å². The van der Waals surface area contributed by atoms with Crippen LogP contribution in [0.15, 0.2) is 40.9 Å². The van der Waals surface area contributed by atoms with Crippen LogP contribution in [0.2, 0.25) is 0 Å². The molecular weight excluding hydrogens is 338 g/mol. The number of nitro benzene ring substituents is 1. The molecule has 0 aliphatic heterocycles. The zero-order valence-corrected chi connectivity index (χ0v) is 13.1. The predicted molar refractivity (Wildman–Crippen MR) is 82.7 cm³/mol. The highest BCUT2D eigenvalue weighted by atomic mass is 79.9. The largest absolute Gasteiger partial charge is 0.449 e. The maximum Gasteiger partial charge on any atom is 0.312 e. The van der Waals surface area contributed by atoms with Crippen LogP contribution in [0, 0.1) is 17.0 Å². The molecule has 1 atom stereocenters. The van der Waals surface area contributed by atoms with Gasteiger partial charge in [-0.15, -0.1) is 0 Å². The second kappa shape index (κ2) is 6.24. The van der Waals surface area contributed by atoms with E-state index >= 15 is 0 Å².